The van der Waals surface area contributed by atoms with Gasteiger partial charge in [-0.2, -0.15) is 0 Å². The van der Waals surface area contributed by atoms with Crippen molar-refractivity contribution in [3.05, 3.63) is 39.4 Å². The van der Waals surface area contributed by atoms with Crippen LogP contribution < -0.4 is 0 Å². The Morgan fingerprint density at radius 2 is 2.04 bits per heavy atom. The zero-order chi connectivity index (χ0) is 17.0. The van der Waals surface area contributed by atoms with Crippen molar-refractivity contribution in [2.45, 2.75) is 38.3 Å². The Kier molecular flexibility index (Phi) is 7.05. The molecule has 8 heteroatoms. The fraction of sp³-hybridized carbons (Fsp3) is 0.533. The molecule has 2 saturated carbocycles. The predicted molar refractivity (Wildman–Crippen MR) is 87.5 cm³/mol. The van der Waals surface area contributed by atoms with Crippen LogP contribution in [0.3, 0.4) is 0 Å². The van der Waals surface area contributed by atoms with Crippen molar-refractivity contribution >= 4 is 23.2 Å². The Balaban J connectivity index is 0.000000595. The molecule has 0 aliphatic heterocycles. The summed E-state index contributed by atoms with van der Waals surface area (Å²) in [6.07, 6.45) is 4.52. The van der Waals surface area contributed by atoms with Gasteiger partial charge in [0.2, 0.25) is 6.04 Å². The average Bonchev–Trinajstić information content (AvgIpc) is 3.10. The maximum absolute atomic E-state index is 11.2. The molecule has 0 heterocycles. The van der Waals surface area contributed by atoms with Gasteiger partial charge in [-0.05, 0) is 43.7 Å². The summed E-state index contributed by atoms with van der Waals surface area (Å²) in [6.45, 7) is 1.82. The standard InChI is InChI=1S/C15H18N2O3.2ClH.Zr/c1-9-3-2-4-12(15(9)18)8-16-13-10-5-6-11(7-10)14(13)17(19)20;;;/h2-4,8,10-11,13-14,18H,5-7H2,1H3;2*1H;/q;;;+2/p-2. The summed E-state index contributed by atoms with van der Waals surface area (Å²) in [4.78, 5) is 15.5. The first-order valence-corrected chi connectivity index (χ1v) is 13.7. The molecule has 3 rings (SSSR count). The Labute approximate surface area is 153 Å². The quantitative estimate of drug-likeness (QED) is 0.443. The van der Waals surface area contributed by atoms with Crippen molar-refractivity contribution in [1.82, 2.24) is 0 Å². The van der Waals surface area contributed by atoms with Crippen molar-refractivity contribution in [2.75, 3.05) is 0 Å². The minimum atomic E-state index is -0.826. The van der Waals surface area contributed by atoms with Gasteiger partial charge >= 0.3 is 37.9 Å². The fourth-order valence-electron chi connectivity index (χ4n) is 3.69. The molecule has 2 aliphatic carbocycles. The van der Waals surface area contributed by atoms with Crippen molar-refractivity contribution < 1.29 is 30.9 Å². The van der Waals surface area contributed by atoms with E-state index in [0.717, 1.165) is 24.8 Å². The van der Waals surface area contributed by atoms with Crippen molar-refractivity contribution in [3.63, 3.8) is 0 Å². The van der Waals surface area contributed by atoms with Crippen LogP contribution in [-0.4, -0.2) is 28.3 Å². The van der Waals surface area contributed by atoms with Crippen molar-refractivity contribution in [2.24, 2.45) is 16.8 Å². The number of aliphatic imine (C=N–C) groups is 1. The number of aryl methyl sites for hydroxylation is 1. The van der Waals surface area contributed by atoms with Gasteiger partial charge in [-0.15, -0.1) is 0 Å². The van der Waals surface area contributed by atoms with Crippen molar-refractivity contribution in [3.8, 4) is 5.75 Å². The number of fused-ring (bicyclic) bond motifs is 2. The Morgan fingerprint density at radius 3 is 2.70 bits per heavy atom. The molecule has 0 spiro atoms. The van der Waals surface area contributed by atoms with Crippen LogP contribution in [-0.2, 0) is 20.8 Å². The van der Waals surface area contributed by atoms with Gasteiger partial charge in [0.05, 0.1) is 0 Å². The topological polar surface area (TPSA) is 75.7 Å². The molecule has 0 saturated heterocycles. The number of aromatic hydroxyl groups is 1. The molecule has 5 nitrogen and oxygen atoms in total. The third-order valence-corrected chi connectivity index (χ3v) is 4.73. The van der Waals surface area contributed by atoms with E-state index in [0.29, 0.717) is 11.5 Å². The van der Waals surface area contributed by atoms with Gasteiger partial charge in [-0.1, -0.05) is 12.1 Å². The zero-order valence-corrected chi connectivity index (χ0v) is 16.6. The number of phenols is 1. The molecule has 2 aliphatic rings. The van der Waals surface area contributed by atoms with Crippen LogP contribution in [0.15, 0.2) is 23.2 Å². The molecule has 2 fully saturated rings. The molecular weight excluding hydrogens is 418 g/mol. The molecule has 23 heavy (non-hydrogen) atoms. The maximum atomic E-state index is 11.2. The minimum absolute atomic E-state index is 0.165. The molecule has 124 valence electrons. The molecule has 2 bridgehead atoms. The number of nitrogens with zero attached hydrogens (tertiary/aromatic N) is 2. The van der Waals surface area contributed by atoms with Gasteiger partial charge in [-0.25, -0.2) is 0 Å². The molecule has 4 unspecified atom stereocenters. The van der Waals surface area contributed by atoms with E-state index in [-0.39, 0.29) is 22.6 Å². The first-order valence-electron chi connectivity index (χ1n) is 7.41. The van der Waals surface area contributed by atoms with Crippen LogP contribution in [0.25, 0.3) is 0 Å². The fourth-order valence-corrected chi connectivity index (χ4v) is 3.69. The first-order chi connectivity index (χ1) is 11.0. The van der Waals surface area contributed by atoms with Gasteiger partial charge in [0.1, 0.15) is 11.8 Å². The van der Waals surface area contributed by atoms with E-state index in [1.54, 1.807) is 12.3 Å². The number of hydrogen-bond donors (Lipinski definition) is 1. The van der Waals surface area contributed by atoms with E-state index in [9.17, 15) is 15.2 Å². The second kappa shape index (κ2) is 8.59. The van der Waals surface area contributed by atoms with Crippen LogP contribution in [0.5, 0.6) is 5.75 Å². The number of benzene rings is 1. The molecular formula is C15H18Cl2N2O3Zr. The molecule has 0 aromatic heterocycles. The number of rotatable bonds is 3. The van der Waals surface area contributed by atoms with Gasteiger partial charge in [-0.3, -0.25) is 15.1 Å². The van der Waals surface area contributed by atoms with E-state index in [4.69, 9.17) is 17.0 Å². The Hall–Kier alpha value is -0.447. The molecule has 0 amide bonds. The van der Waals surface area contributed by atoms with E-state index in [1.807, 2.05) is 19.1 Å². The Bertz CT molecular complexity index is 600. The summed E-state index contributed by atoms with van der Waals surface area (Å²) >= 11 is -0.826. The number of phenolic OH excluding ortho intramolecular Hbond substituents is 1. The van der Waals surface area contributed by atoms with Crippen LogP contribution in [0, 0.1) is 28.9 Å². The molecule has 4 atom stereocenters. The van der Waals surface area contributed by atoms with E-state index in [2.05, 4.69) is 4.99 Å². The summed E-state index contributed by atoms with van der Waals surface area (Å²) in [7, 11) is 9.87. The van der Waals surface area contributed by atoms with Gasteiger partial charge < -0.3 is 5.11 Å². The van der Waals surface area contributed by atoms with E-state index >= 15 is 0 Å². The SMILES string of the molecule is Cc1cccc(C=NC2C3CCC(C3)C2[N+](=O)[O-])c1O.[Cl][Zr][Cl]. The van der Waals surface area contributed by atoms with Gasteiger partial charge in [0.15, 0.2) is 0 Å². The summed E-state index contributed by atoms with van der Waals surface area (Å²) in [6, 6.07) is 4.67. The van der Waals surface area contributed by atoms with Crippen molar-refractivity contribution in [1.29, 1.82) is 0 Å². The molecule has 1 aromatic carbocycles. The third kappa shape index (κ3) is 4.34. The second-order valence-electron chi connectivity index (χ2n) is 5.96. The predicted octanol–water partition coefficient (Wildman–Crippen LogP) is 3.94. The van der Waals surface area contributed by atoms with Gasteiger partial charge in [0.25, 0.3) is 0 Å². The Morgan fingerprint density at radius 1 is 1.39 bits per heavy atom. The third-order valence-electron chi connectivity index (χ3n) is 4.73. The summed E-state index contributed by atoms with van der Waals surface area (Å²) in [5.74, 6) is 0.721. The summed E-state index contributed by atoms with van der Waals surface area (Å²) < 4.78 is 0. The van der Waals surface area contributed by atoms with Gasteiger partial charge in [0, 0.05) is 22.6 Å². The number of para-hydroxylation sites is 1. The van der Waals surface area contributed by atoms with E-state index in [1.165, 1.54) is 0 Å². The normalized spacial score (nSPS) is 28.5. The number of nitro groups is 1. The summed E-state index contributed by atoms with van der Waals surface area (Å²) in [5.41, 5.74) is 1.42. The van der Waals surface area contributed by atoms with Crippen LogP contribution in [0.4, 0.5) is 0 Å². The zero-order valence-electron chi connectivity index (χ0n) is 12.7. The average molecular weight is 436 g/mol. The van der Waals surface area contributed by atoms with Crippen LogP contribution >= 0.6 is 17.0 Å². The molecule has 1 aromatic rings. The monoisotopic (exact) mass is 434 g/mol. The summed E-state index contributed by atoms with van der Waals surface area (Å²) in [5, 5.41) is 21.2. The van der Waals surface area contributed by atoms with E-state index < -0.39 is 26.9 Å². The number of halogens is 2. The number of hydrogen-bond acceptors (Lipinski definition) is 4. The first kappa shape index (κ1) is 18.9. The second-order valence-corrected chi connectivity index (χ2v) is 9.69. The molecule has 1 N–H and O–H groups in total. The van der Waals surface area contributed by atoms with Crippen LogP contribution in [0.2, 0.25) is 0 Å². The molecule has 0 radical (unpaired) electrons. The van der Waals surface area contributed by atoms with Crippen LogP contribution in [0.1, 0.15) is 30.4 Å².